The van der Waals surface area contributed by atoms with Crippen LogP contribution in [0.25, 0.3) is 0 Å². The second kappa shape index (κ2) is 6.91. The Morgan fingerprint density at radius 1 is 0.857 bits per heavy atom. The van der Waals surface area contributed by atoms with Crippen molar-refractivity contribution in [3.63, 3.8) is 0 Å². The first-order valence-corrected chi connectivity index (χ1v) is 7.91. The van der Waals surface area contributed by atoms with Gasteiger partial charge in [0.15, 0.2) is 0 Å². The quantitative estimate of drug-likeness (QED) is 0.812. The van der Waals surface area contributed by atoms with Crippen LogP contribution in [0.2, 0.25) is 0 Å². The number of nitrogens with one attached hydrogen (secondary N) is 1. The zero-order valence-electron chi connectivity index (χ0n) is 14.0. The van der Waals surface area contributed by atoms with Gasteiger partial charge in [0.1, 0.15) is 0 Å². The van der Waals surface area contributed by atoms with E-state index in [0.29, 0.717) is 0 Å². The van der Waals surface area contributed by atoms with E-state index in [1.54, 1.807) is 0 Å². The highest BCUT2D eigenvalue weighted by molar-refractivity contribution is 5.43. The van der Waals surface area contributed by atoms with Gasteiger partial charge in [0, 0.05) is 0 Å². The Morgan fingerprint density at radius 2 is 1.52 bits per heavy atom. The monoisotopic (exact) mass is 281 g/mol. The van der Waals surface area contributed by atoms with Gasteiger partial charge in [-0.1, -0.05) is 43.3 Å². The Kier molecular flexibility index (Phi) is 5.19. The predicted octanol–water partition coefficient (Wildman–Crippen LogP) is 5.01. The molecule has 1 atom stereocenters. The number of rotatable bonds is 5. The van der Waals surface area contributed by atoms with Gasteiger partial charge in [0.25, 0.3) is 0 Å². The van der Waals surface area contributed by atoms with Crippen molar-refractivity contribution in [3.05, 3.63) is 69.8 Å². The van der Waals surface area contributed by atoms with E-state index in [9.17, 15) is 0 Å². The van der Waals surface area contributed by atoms with Crippen molar-refractivity contribution < 1.29 is 0 Å². The number of benzene rings is 2. The zero-order chi connectivity index (χ0) is 15.4. The minimum Gasteiger partial charge on any atom is -0.306 e. The maximum Gasteiger partial charge on any atom is 0.0582 e. The van der Waals surface area contributed by atoms with Crippen molar-refractivity contribution >= 4 is 0 Å². The molecule has 2 rings (SSSR count). The Hall–Kier alpha value is -1.60. The lowest BCUT2D eigenvalue weighted by molar-refractivity contribution is 0.593. The van der Waals surface area contributed by atoms with Gasteiger partial charge in [0.2, 0.25) is 0 Å². The van der Waals surface area contributed by atoms with Crippen molar-refractivity contribution in [2.24, 2.45) is 0 Å². The fraction of sp³-hybridized carbons (Fsp3) is 0.400. The van der Waals surface area contributed by atoms with Crippen molar-refractivity contribution in [3.8, 4) is 0 Å². The topological polar surface area (TPSA) is 12.0 Å². The van der Waals surface area contributed by atoms with Gasteiger partial charge in [-0.15, -0.1) is 0 Å². The molecular weight excluding hydrogens is 254 g/mol. The van der Waals surface area contributed by atoms with Crippen LogP contribution < -0.4 is 5.32 Å². The van der Waals surface area contributed by atoms with E-state index in [-0.39, 0.29) is 6.04 Å². The summed E-state index contributed by atoms with van der Waals surface area (Å²) in [5.41, 5.74) is 8.23. The molecule has 0 spiro atoms. The van der Waals surface area contributed by atoms with Crippen LogP contribution in [-0.4, -0.2) is 6.54 Å². The number of hydrogen-bond donors (Lipinski definition) is 1. The third-order valence-corrected chi connectivity index (χ3v) is 4.29. The number of aryl methyl sites for hydroxylation is 4. The Labute approximate surface area is 129 Å². The summed E-state index contributed by atoms with van der Waals surface area (Å²) in [4.78, 5) is 0. The second-order valence-corrected chi connectivity index (χ2v) is 6.04. The SMILES string of the molecule is CCCNC(c1ccc(C)c(C)c1)c1c(C)cccc1C. The molecule has 112 valence electrons. The number of hydrogen-bond acceptors (Lipinski definition) is 1. The summed E-state index contributed by atoms with van der Waals surface area (Å²) >= 11 is 0. The molecule has 0 amide bonds. The van der Waals surface area contributed by atoms with E-state index in [2.05, 4.69) is 76.3 Å². The molecule has 0 saturated carbocycles. The average molecular weight is 281 g/mol. The molecule has 0 radical (unpaired) electrons. The summed E-state index contributed by atoms with van der Waals surface area (Å²) < 4.78 is 0. The summed E-state index contributed by atoms with van der Waals surface area (Å²) in [6.45, 7) is 12.0. The summed E-state index contributed by atoms with van der Waals surface area (Å²) in [5, 5.41) is 3.73. The van der Waals surface area contributed by atoms with Gasteiger partial charge in [-0.2, -0.15) is 0 Å². The molecule has 0 saturated heterocycles. The largest absolute Gasteiger partial charge is 0.306 e. The minimum absolute atomic E-state index is 0.283. The van der Waals surface area contributed by atoms with E-state index in [0.717, 1.165) is 13.0 Å². The van der Waals surface area contributed by atoms with Gasteiger partial charge >= 0.3 is 0 Å². The van der Waals surface area contributed by atoms with Gasteiger partial charge in [-0.25, -0.2) is 0 Å². The minimum atomic E-state index is 0.283. The van der Waals surface area contributed by atoms with Crippen LogP contribution in [0.4, 0.5) is 0 Å². The molecule has 0 aliphatic carbocycles. The van der Waals surface area contributed by atoms with Gasteiger partial charge in [0.05, 0.1) is 6.04 Å². The Morgan fingerprint density at radius 3 is 2.10 bits per heavy atom. The third kappa shape index (κ3) is 3.54. The highest BCUT2D eigenvalue weighted by Gasteiger charge is 2.17. The first-order chi connectivity index (χ1) is 10.0. The summed E-state index contributed by atoms with van der Waals surface area (Å²) in [6, 6.07) is 13.7. The van der Waals surface area contributed by atoms with Crippen LogP contribution in [0.1, 0.15) is 52.8 Å². The molecule has 0 aliphatic rings. The van der Waals surface area contributed by atoms with E-state index in [1.807, 2.05) is 0 Å². The summed E-state index contributed by atoms with van der Waals surface area (Å²) in [5.74, 6) is 0. The van der Waals surface area contributed by atoms with Gasteiger partial charge < -0.3 is 5.32 Å². The molecule has 0 aromatic heterocycles. The molecule has 0 bridgehead atoms. The van der Waals surface area contributed by atoms with Gasteiger partial charge in [-0.3, -0.25) is 0 Å². The molecule has 21 heavy (non-hydrogen) atoms. The average Bonchev–Trinajstić information content (AvgIpc) is 2.45. The highest BCUT2D eigenvalue weighted by atomic mass is 14.9. The van der Waals surface area contributed by atoms with Crippen molar-refractivity contribution in [2.45, 2.75) is 47.1 Å². The van der Waals surface area contributed by atoms with Crippen LogP contribution in [-0.2, 0) is 0 Å². The third-order valence-electron chi connectivity index (χ3n) is 4.29. The maximum atomic E-state index is 3.73. The van der Waals surface area contributed by atoms with Crippen molar-refractivity contribution in [2.75, 3.05) is 6.54 Å². The van der Waals surface area contributed by atoms with Crippen molar-refractivity contribution in [1.82, 2.24) is 5.32 Å². The Bertz CT molecular complexity index is 593. The highest BCUT2D eigenvalue weighted by Crippen LogP contribution is 2.29. The smallest absolute Gasteiger partial charge is 0.0582 e. The van der Waals surface area contributed by atoms with Crippen LogP contribution in [0.15, 0.2) is 36.4 Å². The van der Waals surface area contributed by atoms with Crippen LogP contribution in [0.5, 0.6) is 0 Å². The summed E-state index contributed by atoms with van der Waals surface area (Å²) in [7, 11) is 0. The lowest BCUT2D eigenvalue weighted by Crippen LogP contribution is -2.24. The fourth-order valence-corrected chi connectivity index (χ4v) is 2.90. The molecular formula is C20H27N. The molecule has 0 fully saturated rings. The second-order valence-electron chi connectivity index (χ2n) is 6.04. The first kappa shape index (κ1) is 15.8. The van der Waals surface area contributed by atoms with E-state index < -0.39 is 0 Å². The van der Waals surface area contributed by atoms with E-state index in [1.165, 1.54) is 33.4 Å². The standard InChI is InChI=1S/C20H27N/c1-6-12-21-20(18-11-10-14(2)17(5)13-18)19-15(3)8-7-9-16(19)4/h7-11,13,20-21H,6,12H2,1-5H3. The molecule has 0 aliphatic heterocycles. The molecule has 2 aromatic carbocycles. The lowest BCUT2D eigenvalue weighted by Gasteiger charge is -2.24. The summed E-state index contributed by atoms with van der Waals surface area (Å²) in [6.07, 6.45) is 1.15. The molecule has 1 unspecified atom stereocenters. The fourth-order valence-electron chi connectivity index (χ4n) is 2.90. The molecule has 0 heterocycles. The molecule has 1 heteroatoms. The van der Waals surface area contributed by atoms with Crippen molar-refractivity contribution in [1.29, 1.82) is 0 Å². The van der Waals surface area contributed by atoms with Crippen LogP contribution >= 0.6 is 0 Å². The Balaban J connectivity index is 2.49. The normalized spacial score (nSPS) is 12.4. The van der Waals surface area contributed by atoms with Crippen LogP contribution in [0.3, 0.4) is 0 Å². The van der Waals surface area contributed by atoms with Gasteiger partial charge in [-0.05, 0) is 74.0 Å². The first-order valence-electron chi connectivity index (χ1n) is 7.91. The van der Waals surface area contributed by atoms with E-state index in [4.69, 9.17) is 0 Å². The zero-order valence-corrected chi connectivity index (χ0v) is 14.0. The predicted molar refractivity (Wildman–Crippen MR) is 92.0 cm³/mol. The van der Waals surface area contributed by atoms with E-state index >= 15 is 0 Å². The molecule has 2 aromatic rings. The lowest BCUT2D eigenvalue weighted by atomic mass is 9.90. The maximum absolute atomic E-state index is 3.73. The molecule has 1 nitrogen and oxygen atoms in total. The van der Waals surface area contributed by atoms with Crippen LogP contribution in [0, 0.1) is 27.7 Å². The molecule has 1 N–H and O–H groups in total.